The molecule has 0 aliphatic carbocycles. The van der Waals surface area contributed by atoms with E-state index in [9.17, 15) is 9.18 Å². The maximum absolute atomic E-state index is 13.0. The number of carbonyl (C=O) groups excluding carboxylic acids is 1. The lowest BCUT2D eigenvalue weighted by atomic mass is 9.72. The molecule has 0 unspecified atom stereocenters. The van der Waals surface area contributed by atoms with Gasteiger partial charge in [0.05, 0.1) is 18.5 Å². The maximum Gasteiger partial charge on any atom is 0.225 e. The van der Waals surface area contributed by atoms with E-state index in [0.717, 1.165) is 64.9 Å². The molecule has 1 amide bonds. The Morgan fingerprint density at radius 1 is 1.24 bits per heavy atom. The fraction of sp³-hybridized carbons (Fsp3) is 0.722. The van der Waals surface area contributed by atoms with Crippen molar-refractivity contribution in [2.45, 2.75) is 44.6 Å². The van der Waals surface area contributed by atoms with Gasteiger partial charge in [-0.1, -0.05) is 0 Å². The van der Waals surface area contributed by atoms with Gasteiger partial charge in [0.2, 0.25) is 11.9 Å². The van der Waals surface area contributed by atoms with E-state index in [1.165, 1.54) is 12.4 Å². The number of ether oxygens (including phenoxy) is 1. The minimum Gasteiger partial charge on any atom is -0.376 e. The highest BCUT2D eigenvalue weighted by Gasteiger charge is 2.42. The third-order valence-electron chi connectivity index (χ3n) is 5.91. The lowest BCUT2D eigenvalue weighted by Gasteiger charge is -2.47. The number of anilines is 1. The molecule has 1 aromatic heterocycles. The number of nitrogens with zero attached hydrogens (tertiary/aromatic N) is 4. The van der Waals surface area contributed by atoms with Crippen LogP contribution < -0.4 is 4.90 Å². The first kappa shape index (κ1) is 16.7. The third-order valence-corrected chi connectivity index (χ3v) is 5.91. The molecule has 3 aliphatic heterocycles. The average Bonchev–Trinajstić information content (AvgIpc) is 3.13. The Hall–Kier alpha value is -1.76. The van der Waals surface area contributed by atoms with Gasteiger partial charge in [0.1, 0.15) is 0 Å². The fourth-order valence-corrected chi connectivity index (χ4v) is 4.36. The average molecular weight is 348 g/mol. The summed E-state index contributed by atoms with van der Waals surface area (Å²) in [6.45, 7) is 4.11. The molecule has 3 aliphatic rings. The molecule has 6 nitrogen and oxygen atoms in total. The van der Waals surface area contributed by atoms with Crippen LogP contribution in [0, 0.1) is 11.2 Å². The first-order valence-corrected chi connectivity index (χ1v) is 9.25. The van der Waals surface area contributed by atoms with Crippen LogP contribution in [0.5, 0.6) is 0 Å². The SMILES string of the molecule is O=C1CCC2(CCN(c3ncc(F)cn3)CC2)CN1C[C@H]1CCCO1. The summed E-state index contributed by atoms with van der Waals surface area (Å²) in [6.07, 6.45) is 8.45. The molecular weight excluding hydrogens is 323 g/mol. The Labute approximate surface area is 147 Å². The molecule has 0 bridgehead atoms. The highest BCUT2D eigenvalue weighted by atomic mass is 19.1. The minimum atomic E-state index is -0.409. The van der Waals surface area contributed by atoms with Crippen molar-refractivity contribution in [1.29, 1.82) is 0 Å². The number of halogens is 1. The number of rotatable bonds is 3. The molecule has 0 radical (unpaired) electrons. The van der Waals surface area contributed by atoms with Crippen molar-refractivity contribution in [2.24, 2.45) is 5.41 Å². The molecule has 0 saturated carbocycles. The predicted molar refractivity (Wildman–Crippen MR) is 90.7 cm³/mol. The van der Waals surface area contributed by atoms with Crippen molar-refractivity contribution in [3.63, 3.8) is 0 Å². The van der Waals surface area contributed by atoms with Crippen molar-refractivity contribution in [3.05, 3.63) is 18.2 Å². The zero-order valence-corrected chi connectivity index (χ0v) is 14.5. The van der Waals surface area contributed by atoms with Crippen LogP contribution in [0.15, 0.2) is 12.4 Å². The molecule has 1 atom stereocenters. The number of hydrogen-bond acceptors (Lipinski definition) is 5. The minimum absolute atomic E-state index is 0.197. The van der Waals surface area contributed by atoms with Crippen molar-refractivity contribution in [2.75, 3.05) is 37.7 Å². The van der Waals surface area contributed by atoms with E-state index in [4.69, 9.17) is 4.74 Å². The number of hydrogen-bond donors (Lipinski definition) is 0. The Balaban J connectivity index is 1.37. The summed E-state index contributed by atoms with van der Waals surface area (Å²) in [5.74, 6) is 0.456. The Morgan fingerprint density at radius 2 is 2.00 bits per heavy atom. The second-order valence-corrected chi connectivity index (χ2v) is 7.60. The number of carbonyl (C=O) groups is 1. The van der Waals surface area contributed by atoms with Gasteiger partial charge in [-0.3, -0.25) is 4.79 Å². The van der Waals surface area contributed by atoms with Crippen LogP contribution in [0.25, 0.3) is 0 Å². The third kappa shape index (κ3) is 3.61. The number of amides is 1. The summed E-state index contributed by atoms with van der Waals surface area (Å²) < 4.78 is 18.7. The monoisotopic (exact) mass is 348 g/mol. The quantitative estimate of drug-likeness (QED) is 0.836. The largest absolute Gasteiger partial charge is 0.376 e. The second-order valence-electron chi connectivity index (χ2n) is 7.60. The fourth-order valence-electron chi connectivity index (χ4n) is 4.36. The van der Waals surface area contributed by atoms with E-state index in [-0.39, 0.29) is 17.4 Å². The van der Waals surface area contributed by atoms with Gasteiger partial charge >= 0.3 is 0 Å². The molecule has 1 aromatic rings. The second kappa shape index (κ2) is 6.86. The Bertz CT molecular complexity index is 610. The molecule has 7 heteroatoms. The van der Waals surface area contributed by atoms with Crippen LogP contribution in [0.4, 0.5) is 10.3 Å². The molecule has 3 fully saturated rings. The molecule has 4 rings (SSSR count). The molecular formula is C18H25FN4O2. The summed E-state index contributed by atoms with van der Waals surface area (Å²) in [5, 5.41) is 0. The van der Waals surface area contributed by atoms with Gasteiger partial charge in [0.25, 0.3) is 0 Å². The van der Waals surface area contributed by atoms with Gasteiger partial charge in [0.15, 0.2) is 5.82 Å². The van der Waals surface area contributed by atoms with Crippen molar-refractivity contribution < 1.29 is 13.9 Å². The van der Waals surface area contributed by atoms with Crippen LogP contribution in [0.2, 0.25) is 0 Å². The molecule has 25 heavy (non-hydrogen) atoms. The summed E-state index contributed by atoms with van der Waals surface area (Å²) in [5.41, 5.74) is 0.197. The van der Waals surface area contributed by atoms with Crippen molar-refractivity contribution in [1.82, 2.24) is 14.9 Å². The Morgan fingerprint density at radius 3 is 2.68 bits per heavy atom. The molecule has 3 saturated heterocycles. The topological polar surface area (TPSA) is 58.6 Å². The normalized spacial score (nSPS) is 26.4. The van der Waals surface area contributed by atoms with E-state index in [2.05, 4.69) is 14.9 Å². The van der Waals surface area contributed by atoms with E-state index < -0.39 is 5.82 Å². The maximum atomic E-state index is 13.0. The molecule has 1 spiro atoms. The zero-order valence-electron chi connectivity index (χ0n) is 14.5. The predicted octanol–water partition coefficient (Wildman–Crippen LogP) is 2.00. The van der Waals surface area contributed by atoms with E-state index in [0.29, 0.717) is 12.4 Å². The molecule has 136 valence electrons. The van der Waals surface area contributed by atoms with Crippen LogP contribution in [0.3, 0.4) is 0 Å². The summed E-state index contributed by atoms with van der Waals surface area (Å²) in [4.78, 5) is 24.7. The molecule has 0 N–H and O–H groups in total. The first-order valence-electron chi connectivity index (χ1n) is 9.25. The van der Waals surface area contributed by atoms with E-state index in [1.807, 2.05) is 4.90 Å². The lowest BCUT2D eigenvalue weighted by Crippen LogP contribution is -2.53. The number of aromatic nitrogens is 2. The molecule has 4 heterocycles. The standard InChI is InChI=1S/C18H25FN4O2/c19-14-10-20-17(21-11-14)22-7-5-18(6-8-22)4-3-16(24)23(13-18)12-15-2-1-9-25-15/h10-11,15H,1-9,12-13H2/t15-/m1/s1. The van der Waals surface area contributed by atoms with Crippen molar-refractivity contribution in [3.8, 4) is 0 Å². The summed E-state index contributed by atoms with van der Waals surface area (Å²) >= 11 is 0. The highest BCUT2D eigenvalue weighted by molar-refractivity contribution is 5.77. The van der Waals surface area contributed by atoms with Crippen LogP contribution in [0.1, 0.15) is 38.5 Å². The summed E-state index contributed by atoms with van der Waals surface area (Å²) in [7, 11) is 0. The van der Waals surface area contributed by atoms with Gasteiger partial charge in [-0.2, -0.15) is 0 Å². The zero-order chi connectivity index (χ0) is 17.3. The van der Waals surface area contributed by atoms with Crippen LogP contribution in [-0.4, -0.2) is 59.7 Å². The Kier molecular flexibility index (Phi) is 4.58. The first-order chi connectivity index (χ1) is 12.1. The van der Waals surface area contributed by atoms with Gasteiger partial charge in [-0.25, -0.2) is 14.4 Å². The van der Waals surface area contributed by atoms with Gasteiger partial charge in [0, 0.05) is 39.2 Å². The number of piperidine rings is 2. The summed E-state index contributed by atoms with van der Waals surface area (Å²) in [6, 6.07) is 0. The van der Waals surface area contributed by atoms with Gasteiger partial charge in [-0.05, 0) is 37.5 Å². The van der Waals surface area contributed by atoms with Crippen LogP contribution in [-0.2, 0) is 9.53 Å². The highest BCUT2D eigenvalue weighted by Crippen LogP contribution is 2.41. The van der Waals surface area contributed by atoms with Gasteiger partial charge in [-0.15, -0.1) is 0 Å². The van der Waals surface area contributed by atoms with E-state index in [1.54, 1.807) is 0 Å². The van der Waals surface area contributed by atoms with E-state index >= 15 is 0 Å². The number of likely N-dealkylation sites (tertiary alicyclic amines) is 1. The van der Waals surface area contributed by atoms with Gasteiger partial charge < -0.3 is 14.5 Å². The smallest absolute Gasteiger partial charge is 0.225 e. The van der Waals surface area contributed by atoms with Crippen LogP contribution >= 0.6 is 0 Å². The lowest BCUT2D eigenvalue weighted by molar-refractivity contribution is -0.140. The van der Waals surface area contributed by atoms with Crippen molar-refractivity contribution >= 4 is 11.9 Å². The molecule has 0 aromatic carbocycles.